The average Bonchev–Trinajstić information content (AvgIpc) is 2.26. The number of nitrogens with zero attached hydrogens (tertiary/aromatic N) is 1. The lowest BCUT2D eigenvalue weighted by molar-refractivity contribution is -0.136. The molecule has 1 aliphatic rings. The molecule has 0 aromatic heterocycles. The number of carbonyl (C=O) groups excluding carboxylic acids is 2. The average molecular weight is 270 g/mol. The van der Waals surface area contributed by atoms with E-state index in [1.165, 1.54) is 6.92 Å². The third-order valence-electron chi connectivity index (χ3n) is 3.51. The van der Waals surface area contributed by atoms with Gasteiger partial charge in [0, 0.05) is 38.4 Å². The highest BCUT2D eigenvalue weighted by Crippen LogP contribution is 2.21. The molecule has 110 valence electrons. The van der Waals surface area contributed by atoms with Crippen LogP contribution in [-0.2, 0) is 9.59 Å². The monoisotopic (exact) mass is 270 g/mol. The molecule has 5 nitrogen and oxygen atoms in total. The second-order valence-corrected chi connectivity index (χ2v) is 6.03. The summed E-state index contributed by atoms with van der Waals surface area (Å²) in [7, 11) is 0. The third-order valence-corrected chi connectivity index (χ3v) is 3.51. The normalized spacial score (nSPS) is 25.3. The molecule has 19 heavy (non-hydrogen) atoms. The smallest absolute Gasteiger partial charge is 0.222 e. The van der Waals surface area contributed by atoms with E-state index < -0.39 is 6.10 Å². The van der Waals surface area contributed by atoms with Crippen LogP contribution in [0.25, 0.3) is 0 Å². The predicted molar refractivity (Wildman–Crippen MR) is 73.4 cm³/mol. The highest BCUT2D eigenvalue weighted by Gasteiger charge is 2.32. The van der Waals surface area contributed by atoms with Gasteiger partial charge in [-0.25, -0.2) is 0 Å². The van der Waals surface area contributed by atoms with Gasteiger partial charge in [-0.1, -0.05) is 13.8 Å². The molecule has 1 aliphatic heterocycles. The molecule has 0 radical (unpaired) electrons. The zero-order chi connectivity index (χ0) is 14.6. The Balaban J connectivity index is 2.69. The molecule has 0 aromatic rings. The first-order valence-corrected chi connectivity index (χ1v) is 7.02. The summed E-state index contributed by atoms with van der Waals surface area (Å²) in [5, 5.41) is 12.6. The van der Waals surface area contributed by atoms with Crippen LogP contribution in [-0.4, -0.2) is 47.1 Å². The topological polar surface area (TPSA) is 69.6 Å². The molecule has 1 saturated heterocycles. The minimum absolute atomic E-state index is 0.0294. The maximum absolute atomic E-state index is 12.1. The fraction of sp³-hybridized carbons (Fsp3) is 0.857. The number of hydrogen-bond donors (Lipinski definition) is 2. The van der Waals surface area contributed by atoms with Crippen LogP contribution in [0.4, 0.5) is 0 Å². The second-order valence-electron chi connectivity index (χ2n) is 6.03. The number of likely N-dealkylation sites (tertiary alicyclic amines) is 1. The van der Waals surface area contributed by atoms with Crippen LogP contribution in [0, 0.1) is 11.8 Å². The van der Waals surface area contributed by atoms with Crippen LogP contribution in [0.5, 0.6) is 0 Å². The van der Waals surface area contributed by atoms with Gasteiger partial charge in [0.2, 0.25) is 11.8 Å². The van der Waals surface area contributed by atoms with Crippen molar-refractivity contribution in [1.82, 2.24) is 10.2 Å². The molecule has 0 aliphatic carbocycles. The Kier molecular flexibility index (Phi) is 5.79. The number of piperidine rings is 1. The molecule has 2 amide bonds. The molecule has 3 unspecified atom stereocenters. The summed E-state index contributed by atoms with van der Waals surface area (Å²) < 4.78 is 0. The van der Waals surface area contributed by atoms with E-state index in [0.29, 0.717) is 25.4 Å². The van der Waals surface area contributed by atoms with Gasteiger partial charge in [-0.2, -0.15) is 0 Å². The molecule has 1 fully saturated rings. The van der Waals surface area contributed by atoms with Crippen LogP contribution in [0.1, 0.15) is 40.5 Å². The van der Waals surface area contributed by atoms with E-state index in [9.17, 15) is 14.7 Å². The highest BCUT2D eigenvalue weighted by atomic mass is 16.3. The van der Waals surface area contributed by atoms with Crippen molar-refractivity contribution in [1.29, 1.82) is 0 Å². The number of aliphatic hydroxyl groups excluding tert-OH is 1. The maximum atomic E-state index is 12.1. The number of rotatable bonds is 4. The van der Waals surface area contributed by atoms with Crippen LogP contribution >= 0.6 is 0 Å². The predicted octanol–water partition coefficient (Wildman–Crippen LogP) is 0.766. The first kappa shape index (κ1) is 16.0. The molecule has 0 spiro atoms. The van der Waals surface area contributed by atoms with Gasteiger partial charge in [-0.05, 0) is 19.3 Å². The van der Waals surface area contributed by atoms with Crippen molar-refractivity contribution in [3.05, 3.63) is 0 Å². The van der Waals surface area contributed by atoms with Crippen molar-refractivity contribution < 1.29 is 14.7 Å². The number of nitrogens with one attached hydrogen (secondary N) is 1. The summed E-state index contributed by atoms with van der Waals surface area (Å²) in [5.74, 6) is 0.364. The van der Waals surface area contributed by atoms with E-state index >= 15 is 0 Å². The van der Waals surface area contributed by atoms with Crippen LogP contribution in [0.2, 0.25) is 0 Å². The standard InChI is InChI=1S/C14H26N2O3/c1-9(2)5-14(19)16-7-12(10(3)17)6-13(8-16)15-11(4)18/h9-10,12-13,17H,5-8H2,1-4H3,(H,15,18). The summed E-state index contributed by atoms with van der Waals surface area (Å²) in [6.45, 7) is 8.38. The fourth-order valence-corrected chi connectivity index (χ4v) is 2.56. The zero-order valence-corrected chi connectivity index (χ0v) is 12.3. The van der Waals surface area contributed by atoms with E-state index in [-0.39, 0.29) is 23.8 Å². The minimum Gasteiger partial charge on any atom is -0.393 e. The highest BCUT2D eigenvalue weighted by molar-refractivity contribution is 5.77. The summed E-state index contributed by atoms with van der Waals surface area (Å²) in [6, 6.07) is -0.0537. The molecule has 2 N–H and O–H groups in total. The van der Waals surface area contributed by atoms with Crippen molar-refractivity contribution >= 4 is 11.8 Å². The van der Waals surface area contributed by atoms with Crippen molar-refractivity contribution in [2.24, 2.45) is 11.8 Å². The Morgan fingerprint density at radius 1 is 1.32 bits per heavy atom. The largest absolute Gasteiger partial charge is 0.393 e. The van der Waals surface area contributed by atoms with Gasteiger partial charge in [0.05, 0.1) is 6.10 Å². The molecule has 0 bridgehead atoms. The fourth-order valence-electron chi connectivity index (χ4n) is 2.56. The number of carbonyl (C=O) groups is 2. The molecular weight excluding hydrogens is 244 g/mol. The van der Waals surface area contributed by atoms with E-state index in [1.807, 2.05) is 13.8 Å². The van der Waals surface area contributed by atoms with E-state index in [2.05, 4.69) is 5.32 Å². The third kappa shape index (κ3) is 5.19. The van der Waals surface area contributed by atoms with Crippen molar-refractivity contribution in [3.8, 4) is 0 Å². The Bertz CT molecular complexity index is 329. The number of aliphatic hydroxyl groups is 1. The lowest BCUT2D eigenvalue weighted by atomic mass is 9.89. The van der Waals surface area contributed by atoms with Gasteiger partial charge in [-0.15, -0.1) is 0 Å². The minimum atomic E-state index is -0.467. The van der Waals surface area contributed by atoms with Gasteiger partial charge in [0.1, 0.15) is 0 Å². The van der Waals surface area contributed by atoms with Crippen LogP contribution in [0.3, 0.4) is 0 Å². The quantitative estimate of drug-likeness (QED) is 0.792. The first-order chi connectivity index (χ1) is 8.79. The molecule has 3 atom stereocenters. The Labute approximate surface area is 115 Å². The van der Waals surface area contributed by atoms with Crippen molar-refractivity contribution in [2.45, 2.75) is 52.7 Å². The summed E-state index contributed by atoms with van der Waals surface area (Å²) in [6.07, 6.45) is 0.771. The van der Waals surface area contributed by atoms with E-state index in [1.54, 1.807) is 11.8 Å². The lowest BCUT2D eigenvalue weighted by Crippen LogP contribution is -2.54. The van der Waals surface area contributed by atoms with E-state index in [4.69, 9.17) is 0 Å². The van der Waals surface area contributed by atoms with Gasteiger partial charge in [0.25, 0.3) is 0 Å². The van der Waals surface area contributed by atoms with Gasteiger partial charge >= 0.3 is 0 Å². The van der Waals surface area contributed by atoms with Crippen LogP contribution in [0.15, 0.2) is 0 Å². The molecule has 1 rings (SSSR count). The van der Waals surface area contributed by atoms with Crippen molar-refractivity contribution in [2.75, 3.05) is 13.1 Å². The Morgan fingerprint density at radius 3 is 2.42 bits per heavy atom. The Hall–Kier alpha value is -1.10. The van der Waals surface area contributed by atoms with Crippen LogP contribution < -0.4 is 5.32 Å². The number of amides is 2. The summed E-state index contributed by atoms with van der Waals surface area (Å²) in [5.41, 5.74) is 0. The summed E-state index contributed by atoms with van der Waals surface area (Å²) >= 11 is 0. The maximum Gasteiger partial charge on any atom is 0.222 e. The first-order valence-electron chi connectivity index (χ1n) is 7.02. The zero-order valence-electron chi connectivity index (χ0n) is 12.3. The summed E-state index contributed by atoms with van der Waals surface area (Å²) in [4.78, 5) is 25.1. The van der Waals surface area contributed by atoms with Crippen molar-refractivity contribution in [3.63, 3.8) is 0 Å². The molecule has 0 aromatic carbocycles. The molecule has 0 saturated carbocycles. The Morgan fingerprint density at radius 2 is 1.95 bits per heavy atom. The molecule has 5 heteroatoms. The lowest BCUT2D eigenvalue weighted by Gasteiger charge is -2.39. The van der Waals surface area contributed by atoms with E-state index in [0.717, 1.165) is 6.42 Å². The SMILES string of the molecule is CC(=O)NC1CC(C(C)O)CN(C(=O)CC(C)C)C1. The molecule has 1 heterocycles. The van der Waals surface area contributed by atoms with Gasteiger partial charge in [0.15, 0.2) is 0 Å². The number of hydrogen-bond acceptors (Lipinski definition) is 3. The van der Waals surface area contributed by atoms with Gasteiger partial charge in [-0.3, -0.25) is 9.59 Å². The van der Waals surface area contributed by atoms with Gasteiger partial charge < -0.3 is 15.3 Å². The molecular formula is C14H26N2O3. The second kappa shape index (κ2) is 6.89.